The molecular weight excluding hydrogens is 601 g/mol. The highest BCUT2D eigenvalue weighted by atomic mass is 35.5. The van der Waals surface area contributed by atoms with Crippen molar-refractivity contribution in [1.82, 2.24) is 25.1 Å². The Balaban J connectivity index is 1.33. The molecule has 0 radical (unpaired) electrons. The molecule has 2 saturated heterocycles. The highest BCUT2D eigenvalue weighted by Crippen LogP contribution is 2.30. The minimum absolute atomic E-state index is 0.0701. The number of rotatable bonds is 6. The summed E-state index contributed by atoms with van der Waals surface area (Å²) in [4.78, 5) is 44.8. The molecule has 2 aliphatic rings. The van der Waals surface area contributed by atoms with Gasteiger partial charge in [-0.05, 0) is 51.7 Å². The summed E-state index contributed by atoms with van der Waals surface area (Å²) in [7, 11) is 1.69. The van der Waals surface area contributed by atoms with Gasteiger partial charge >= 0.3 is 6.03 Å². The maximum atomic E-state index is 14.2. The van der Waals surface area contributed by atoms with Crippen molar-refractivity contribution in [2.45, 2.75) is 31.7 Å². The predicted molar refractivity (Wildman–Crippen MR) is 169 cm³/mol. The number of urea groups is 1. The number of carbonyl (C=O) groups is 3. The molecule has 2 atom stereocenters. The van der Waals surface area contributed by atoms with E-state index in [1.165, 1.54) is 5.01 Å². The second-order valence-electron chi connectivity index (χ2n) is 11.1. The molecule has 4 aromatic carbocycles. The Labute approximate surface area is 265 Å². The van der Waals surface area contributed by atoms with Crippen LogP contribution in [-0.2, 0) is 29.1 Å². The first-order chi connectivity index (χ1) is 21.2. The lowest BCUT2D eigenvalue weighted by Crippen LogP contribution is -2.76. The first kappa shape index (κ1) is 29.7. The molecule has 0 spiro atoms. The van der Waals surface area contributed by atoms with Crippen LogP contribution in [0.4, 0.5) is 4.79 Å². The van der Waals surface area contributed by atoms with Gasteiger partial charge in [-0.3, -0.25) is 9.59 Å². The Kier molecular flexibility index (Phi) is 8.35. The van der Waals surface area contributed by atoms with Gasteiger partial charge in [-0.25, -0.2) is 14.8 Å². The van der Waals surface area contributed by atoms with Crippen molar-refractivity contribution >= 4 is 51.8 Å². The fourth-order valence-electron chi connectivity index (χ4n) is 6.05. The number of nitrogens with one attached hydrogen (secondary N) is 1. The molecule has 226 valence electrons. The molecule has 2 aliphatic heterocycles. The van der Waals surface area contributed by atoms with Gasteiger partial charge in [-0.15, -0.1) is 0 Å². The van der Waals surface area contributed by atoms with Gasteiger partial charge in [-0.1, -0.05) is 83.9 Å². The molecule has 4 amide bonds. The zero-order chi connectivity index (χ0) is 31.0. The highest BCUT2D eigenvalue weighted by Gasteiger charge is 2.50. The molecule has 2 heterocycles. The summed E-state index contributed by atoms with van der Waals surface area (Å²) in [5.41, 5.74) is 2.52. The zero-order valence-electron chi connectivity index (χ0n) is 24.0. The summed E-state index contributed by atoms with van der Waals surface area (Å²) in [6.07, 6.45) is -0.514. The lowest BCUT2D eigenvalue weighted by atomic mass is 9.97. The van der Waals surface area contributed by atoms with E-state index >= 15 is 0 Å². The second kappa shape index (κ2) is 12.4. The van der Waals surface area contributed by atoms with Gasteiger partial charge in [0.15, 0.2) is 0 Å². The zero-order valence-corrected chi connectivity index (χ0v) is 25.5. The molecule has 44 heavy (non-hydrogen) atoms. The van der Waals surface area contributed by atoms with Crippen LogP contribution in [0.1, 0.15) is 16.7 Å². The smallest absolute Gasteiger partial charge is 0.334 e. The quantitative estimate of drug-likeness (QED) is 0.311. The molecule has 0 aromatic heterocycles. The first-order valence-corrected chi connectivity index (χ1v) is 15.0. The highest BCUT2D eigenvalue weighted by molar-refractivity contribution is 6.42. The monoisotopic (exact) mass is 631 g/mol. The van der Waals surface area contributed by atoms with Crippen molar-refractivity contribution in [1.29, 1.82) is 0 Å². The van der Waals surface area contributed by atoms with E-state index in [2.05, 4.69) is 5.32 Å². The summed E-state index contributed by atoms with van der Waals surface area (Å²) in [5, 5.41) is 18.8. The van der Waals surface area contributed by atoms with Crippen LogP contribution >= 0.6 is 23.2 Å². The average Bonchev–Trinajstić information content (AvgIpc) is 3.01. The number of nitrogens with zero attached hydrogens (tertiary/aromatic N) is 4. The number of hydrazine groups is 1. The number of aromatic hydroxyl groups is 1. The summed E-state index contributed by atoms with van der Waals surface area (Å²) in [6, 6.07) is 24.5. The predicted octanol–water partition coefficient (Wildman–Crippen LogP) is 5.03. The number of hydrogen-bond donors (Lipinski definition) is 2. The van der Waals surface area contributed by atoms with E-state index in [0.29, 0.717) is 16.6 Å². The minimum Gasteiger partial charge on any atom is -0.508 e. The lowest BCUT2D eigenvalue weighted by molar-refractivity contribution is -0.187. The number of phenolic OH excluding ortho intramolecular Hbond substituents is 1. The molecule has 0 saturated carbocycles. The maximum Gasteiger partial charge on any atom is 0.334 e. The second-order valence-corrected chi connectivity index (χ2v) is 11.9. The third-order valence-electron chi connectivity index (χ3n) is 8.18. The van der Waals surface area contributed by atoms with Crippen LogP contribution in [0.2, 0.25) is 10.0 Å². The van der Waals surface area contributed by atoms with E-state index in [1.54, 1.807) is 64.3 Å². The lowest BCUT2D eigenvalue weighted by Gasteiger charge is -2.54. The topological polar surface area (TPSA) is 96.4 Å². The number of piperazine rings is 1. The first-order valence-electron chi connectivity index (χ1n) is 14.3. The summed E-state index contributed by atoms with van der Waals surface area (Å²) in [6.45, 7) is 0.563. The third-order valence-corrected chi connectivity index (χ3v) is 8.92. The molecule has 0 aliphatic carbocycles. The normalized spacial score (nSPS) is 18.9. The molecular formula is C33H31Cl2N5O4. The number of amides is 4. The Morgan fingerprint density at radius 1 is 0.932 bits per heavy atom. The Hall–Kier alpha value is -4.31. The standard InChI is InChI=1S/C33H31Cl2N5O4/c1-37-20-31(42)39-29(16-21-9-12-25(41)13-10-21)32(43)38(18-24-7-4-6-23-5-2-3-8-26(23)24)19-30(39)40(37)33(44)36-17-22-11-14-27(34)28(35)15-22/h2-15,29-30,41H,16-20H2,1H3,(H,36,44). The molecule has 2 unspecified atom stereocenters. The van der Waals surface area contributed by atoms with Gasteiger partial charge in [0.25, 0.3) is 0 Å². The SMILES string of the molecule is CN1CC(=O)N2C(Cc3ccc(O)cc3)C(=O)N(Cc3cccc4ccccc34)CC2N1C(=O)NCc1ccc(Cl)c(Cl)c1. The fourth-order valence-corrected chi connectivity index (χ4v) is 6.37. The van der Waals surface area contributed by atoms with Gasteiger partial charge in [-0.2, -0.15) is 0 Å². The number of fused-ring (bicyclic) bond motifs is 2. The number of likely N-dealkylation sites (N-methyl/N-ethyl adjacent to an activating group) is 1. The van der Waals surface area contributed by atoms with Crippen LogP contribution in [0.5, 0.6) is 5.75 Å². The molecule has 2 N–H and O–H groups in total. The molecule has 6 rings (SSSR count). The Morgan fingerprint density at radius 3 is 2.43 bits per heavy atom. The van der Waals surface area contributed by atoms with Crippen molar-refractivity contribution in [3.63, 3.8) is 0 Å². The van der Waals surface area contributed by atoms with Gasteiger partial charge in [0, 0.05) is 26.6 Å². The number of halogens is 2. The van der Waals surface area contributed by atoms with Crippen molar-refractivity contribution in [2.75, 3.05) is 20.1 Å². The number of phenols is 1. The van der Waals surface area contributed by atoms with Crippen LogP contribution in [-0.4, -0.2) is 75.1 Å². The number of carbonyl (C=O) groups excluding carboxylic acids is 3. The molecule has 0 bridgehead atoms. The van der Waals surface area contributed by atoms with E-state index in [9.17, 15) is 19.5 Å². The van der Waals surface area contributed by atoms with Crippen LogP contribution in [0.25, 0.3) is 10.8 Å². The average molecular weight is 633 g/mol. The Bertz CT molecular complexity index is 1730. The molecule has 4 aromatic rings. The van der Waals surface area contributed by atoms with Crippen molar-refractivity contribution in [3.8, 4) is 5.75 Å². The minimum atomic E-state index is -0.847. The van der Waals surface area contributed by atoms with Crippen LogP contribution < -0.4 is 5.32 Å². The van der Waals surface area contributed by atoms with Crippen LogP contribution in [0.3, 0.4) is 0 Å². The summed E-state index contributed by atoms with van der Waals surface area (Å²) >= 11 is 12.2. The van der Waals surface area contributed by atoms with Gasteiger partial charge < -0.3 is 20.2 Å². The van der Waals surface area contributed by atoms with Gasteiger partial charge in [0.2, 0.25) is 11.8 Å². The molecule has 2 fully saturated rings. The van der Waals surface area contributed by atoms with E-state index in [0.717, 1.165) is 27.5 Å². The fraction of sp³-hybridized carbons (Fsp3) is 0.242. The summed E-state index contributed by atoms with van der Waals surface area (Å²) < 4.78 is 0. The third kappa shape index (κ3) is 5.91. The van der Waals surface area contributed by atoms with Crippen molar-refractivity contribution in [3.05, 3.63) is 112 Å². The van der Waals surface area contributed by atoms with Gasteiger partial charge in [0.05, 0.1) is 23.1 Å². The Morgan fingerprint density at radius 2 is 1.66 bits per heavy atom. The van der Waals surface area contributed by atoms with Gasteiger partial charge in [0.1, 0.15) is 18.0 Å². The van der Waals surface area contributed by atoms with E-state index in [1.807, 2.05) is 42.5 Å². The van der Waals surface area contributed by atoms with E-state index in [4.69, 9.17) is 23.2 Å². The van der Waals surface area contributed by atoms with Crippen LogP contribution in [0, 0.1) is 0 Å². The number of benzene rings is 4. The number of hydrogen-bond acceptors (Lipinski definition) is 5. The van der Waals surface area contributed by atoms with E-state index in [-0.39, 0.29) is 43.6 Å². The van der Waals surface area contributed by atoms with E-state index < -0.39 is 18.2 Å². The molecule has 9 nitrogen and oxygen atoms in total. The van der Waals surface area contributed by atoms with Crippen molar-refractivity contribution < 1.29 is 19.5 Å². The maximum absolute atomic E-state index is 14.2. The van der Waals surface area contributed by atoms with Crippen LogP contribution in [0.15, 0.2) is 84.9 Å². The summed E-state index contributed by atoms with van der Waals surface area (Å²) in [5.74, 6) is -0.330. The van der Waals surface area contributed by atoms with Crippen molar-refractivity contribution in [2.24, 2.45) is 0 Å². The molecule has 11 heteroatoms. The largest absolute Gasteiger partial charge is 0.508 e.